The minimum Gasteiger partial charge on any atom is -0.497 e. The van der Waals surface area contributed by atoms with Crippen LogP contribution in [0.5, 0.6) is 5.75 Å². The van der Waals surface area contributed by atoms with Crippen molar-refractivity contribution in [2.75, 3.05) is 7.11 Å². The van der Waals surface area contributed by atoms with Crippen LogP contribution in [0.25, 0.3) is 0 Å². The van der Waals surface area contributed by atoms with E-state index in [0.29, 0.717) is 0 Å². The largest absolute Gasteiger partial charge is 0.497 e. The highest BCUT2D eigenvalue weighted by Crippen LogP contribution is 2.10. The van der Waals surface area contributed by atoms with Crippen molar-refractivity contribution in [2.24, 2.45) is 5.10 Å². The quantitative estimate of drug-likeness (QED) is 0.791. The summed E-state index contributed by atoms with van der Waals surface area (Å²) in [5, 5.41) is 4.22. The van der Waals surface area contributed by atoms with Gasteiger partial charge in [-0.15, -0.1) is 0 Å². The summed E-state index contributed by atoms with van der Waals surface area (Å²) in [4.78, 5) is 11.8. The molecule has 0 atom stereocenters. The van der Waals surface area contributed by atoms with Gasteiger partial charge >= 0.3 is 0 Å². The zero-order chi connectivity index (χ0) is 13.8. The molecule has 4 heteroatoms. The summed E-state index contributed by atoms with van der Waals surface area (Å²) >= 11 is 0. The van der Waals surface area contributed by atoms with E-state index in [4.69, 9.17) is 4.74 Å². The number of aryl methyl sites for hydroxylation is 2. The van der Waals surface area contributed by atoms with Crippen LogP contribution in [0.3, 0.4) is 0 Å². The minimum absolute atomic E-state index is 0.128. The predicted molar refractivity (Wildman–Crippen MR) is 76.2 cm³/mol. The maximum absolute atomic E-state index is 11.8. The van der Waals surface area contributed by atoms with Crippen LogP contribution in [0.2, 0.25) is 0 Å². The van der Waals surface area contributed by atoms with Gasteiger partial charge in [0.15, 0.2) is 0 Å². The van der Waals surface area contributed by atoms with Gasteiger partial charge in [0.25, 0.3) is 5.56 Å². The highest BCUT2D eigenvalue weighted by molar-refractivity contribution is 5.80. The molecule has 0 N–H and O–H groups in total. The number of aromatic nitrogens is 1. The van der Waals surface area contributed by atoms with Gasteiger partial charge in [-0.05, 0) is 43.2 Å². The third kappa shape index (κ3) is 3.10. The average Bonchev–Trinajstić information content (AvgIpc) is 2.37. The fourth-order valence-electron chi connectivity index (χ4n) is 1.86. The third-order valence-corrected chi connectivity index (χ3v) is 2.75. The maximum atomic E-state index is 11.8. The molecule has 2 aromatic rings. The van der Waals surface area contributed by atoms with Crippen LogP contribution in [-0.2, 0) is 0 Å². The number of ether oxygens (including phenoxy) is 1. The van der Waals surface area contributed by atoms with Crippen LogP contribution in [0.15, 0.2) is 46.3 Å². The molecule has 0 saturated heterocycles. The summed E-state index contributed by atoms with van der Waals surface area (Å²) in [5.74, 6) is 0.761. The van der Waals surface area contributed by atoms with Crippen LogP contribution in [-0.4, -0.2) is 18.0 Å². The Morgan fingerprint density at radius 3 is 2.68 bits per heavy atom. The van der Waals surface area contributed by atoms with Crippen molar-refractivity contribution < 1.29 is 4.74 Å². The molecule has 0 spiro atoms. The van der Waals surface area contributed by atoms with Crippen molar-refractivity contribution in [1.29, 1.82) is 0 Å². The molecular weight excluding hydrogens is 240 g/mol. The summed E-state index contributed by atoms with van der Waals surface area (Å²) in [6.07, 6.45) is 1.65. The Morgan fingerprint density at radius 2 is 2.00 bits per heavy atom. The zero-order valence-corrected chi connectivity index (χ0v) is 11.3. The molecule has 0 aliphatic carbocycles. The molecule has 4 nitrogen and oxygen atoms in total. The van der Waals surface area contributed by atoms with Gasteiger partial charge in [-0.3, -0.25) is 4.79 Å². The standard InChI is InChI=1S/C15H16N2O2/c1-11-7-12(2)17(15(18)8-11)16-10-13-5-4-6-14(9-13)19-3/h4-10H,1-3H3/b16-10+. The van der Waals surface area contributed by atoms with Crippen molar-refractivity contribution in [3.63, 3.8) is 0 Å². The molecule has 0 saturated carbocycles. The molecule has 19 heavy (non-hydrogen) atoms. The van der Waals surface area contributed by atoms with Crippen molar-refractivity contribution >= 4 is 6.21 Å². The SMILES string of the molecule is COc1cccc(/C=N/n2c(C)cc(C)cc2=O)c1. The Balaban J connectivity index is 2.35. The Hall–Kier alpha value is -2.36. The van der Waals surface area contributed by atoms with Crippen LogP contribution < -0.4 is 10.3 Å². The Labute approximate surface area is 112 Å². The van der Waals surface area contributed by atoms with Gasteiger partial charge in [0.05, 0.1) is 13.3 Å². The number of rotatable bonds is 3. The number of benzene rings is 1. The molecule has 1 aromatic heterocycles. The van der Waals surface area contributed by atoms with E-state index in [1.165, 1.54) is 4.68 Å². The molecule has 1 aromatic carbocycles. The molecule has 0 amide bonds. The van der Waals surface area contributed by atoms with Crippen molar-refractivity contribution in [3.05, 3.63) is 63.6 Å². The molecule has 0 unspecified atom stereocenters. The van der Waals surface area contributed by atoms with Gasteiger partial charge in [-0.25, -0.2) is 4.68 Å². The molecule has 98 valence electrons. The van der Waals surface area contributed by atoms with E-state index in [0.717, 1.165) is 22.6 Å². The Kier molecular flexibility index (Phi) is 3.80. The number of hydrogen-bond acceptors (Lipinski definition) is 3. The summed E-state index contributed by atoms with van der Waals surface area (Å²) in [6.45, 7) is 3.75. The topological polar surface area (TPSA) is 43.6 Å². The van der Waals surface area contributed by atoms with E-state index in [1.54, 1.807) is 19.4 Å². The molecule has 0 fully saturated rings. The van der Waals surface area contributed by atoms with Crippen molar-refractivity contribution in [3.8, 4) is 5.75 Å². The lowest BCUT2D eigenvalue weighted by Crippen LogP contribution is -2.18. The fourth-order valence-corrected chi connectivity index (χ4v) is 1.86. The highest BCUT2D eigenvalue weighted by atomic mass is 16.5. The molecule has 0 radical (unpaired) electrons. The summed E-state index contributed by atoms with van der Waals surface area (Å²) < 4.78 is 6.52. The van der Waals surface area contributed by atoms with Crippen LogP contribution in [0.4, 0.5) is 0 Å². The first-order valence-corrected chi connectivity index (χ1v) is 5.99. The van der Waals surface area contributed by atoms with E-state index >= 15 is 0 Å². The fraction of sp³-hybridized carbons (Fsp3) is 0.200. The van der Waals surface area contributed by atoms with Gasteiger partial charge in [-0.1, -0.05) is 12.1 Å². The second-order valence-electron chi connectivity index (χ2n) is 4.35. The second kappa shape index (κ2) is 5.52. The van der Waals surface area contributed by atoms with Gasteiger partial charge < -0.3 is 4.74 Å². The van der Waals surface area contributed by atoms with Crippen LogP contribution in [0, 0.1) is 13.8 Å². The molecular formula is C15H16N2O2. The van der Waals surface area contributed by atoms with Crippen molar-refractivity contribution in [2.45, 2.75) is 13.8 Å². The first-order valence-electron chi connectivity index (χ1n) is 5.99. The van der Waals surface area contributed by atoms with E-state index in [-0.39, 0.29) is 5.56 Å². The van der Waals surface area contributed by atoms with Crippen LogP contribution in [0.1, 0.15) is 16.8 Å². The number of nitrogens with zero attached hydrogens (tertiary/aromatic N) is 2. The lowest BCUT2D eigenvalue weighted by molar-refractivity contribution is 0.415. The maximum Gasteiger partial charge on any atom is 0.271 e. The van der Waals surface area contributed by atoms with E-state index in [2.05, 4.69) is 5.10 Å². The van der Waals surface area contributed by atoms with Crippen molar-refractivity contribution in [1.82, 2.24) is 4.68 Å². The first kappa shape index (κ1) is 13.1. The molecule has 0 aliphatic rings. The van der Waals surface area contributed by atoms with Gasteiger partial charge in [0.1, 0.15) is 5.75 Å². The van der Waals surface area contributed by atoms with Crippen LogP contribution >= 0.6 is 0 Å². The van der Waals surface area contributed by atoms with Gasteiger partial charge in [0.2, 0.25) is 0 Å². The van der Waals surface area contributed by atoms with E-state index in [9.17, 15) is 4.79 Å². The van der Waals surface area contributed by atoms with Gasteiger partial charge in [-0.2, -0.15) is 5.10 Å². The lowest BCUT2D eigenvalue weighted by atomic mass is 10.2. The predicted octanol–water partition coefficient (Wildman–Crippen LogP) is 2.36. The smallest absolute Gasteiger partial charge is 0.271 e. The number of hydrogen-bond donors (Lipinski definition) is 0. The second-order valence-corrected chi connectivity index (χ2v) is 4.35. The molecule has 0 aliphatic heterocycles. The number of methoxy groups -OCH3 is 1. The molecule has 2 rings (SSSR count). The number of pyridine rings is 1. The van der Waals surface area contributed by atoms with E-state index < -0.39 is 0 Å². The average molecular weight is 256 g/mol. The Morgan fingerprint density at radius 1 is 1.21 bits per heavy atom. The Bertz CT molecular complexity index is 672. The monoisotopic (exact) mass is 256 g/mol. The summed E-state index contributed by atoms with van der Waals surface area (Å²) in [6, 6.07) is 11.0. The van der Waals surface area contributed by atoms with E-state index in [1.807, 2.05) is 44.2 Å². The first-order chi connectivity index (χ1) is 9.10. The van der Waals surface area contributed by atoms with Gasteiger partial charge in [0, 0.05) is 11.8 Å². The highest BCUT2D eigenvalue weighted by Gasteiger charge is 1.99. The molecule has 1 heterocycles. The minimum atomic E-state index is -0.128. The third-order valence-electron chi connectivity index (χ3n) is 2.75. The summed E-state index contributed by atoms with van der Waals surface area (Å²) in [5.41, 5.74) is 2.50. The molecule has 0 bridgehead atoms. The lowest BCUT2D eigenvalue weighted by Gasteiger charge is -2.04. The zero-order valence-electron chi connectivity index (χ0n) is 11.3. The normalized spacial score (nSPS) is 10.9. The summed E-state index contributed by atoms with van der Waals surface area (Å²) in [7, 11) is 1.62.